The van der Waals surface area contributed by atoms with E-state index in [4.69, 9.17) is 0 Å². The number of halogens is 6. The Bertz CT molecular complexity index is 446. The van der Waals surface area contributed by atoms with Crippen LogP contribution < -0.4 is 0 Å². The summed E-state index contributed by atoms with van der Waals surface area (Å²) < 4.78 is 78.2. The standard InChI is InChI=1S/C10H10F6N2/c1-5-3-7(9(11,12)13)4-6(5,2)8(5,18-17-7)10(14,15)16/h3-4H2,1-2H3/t5-,6-,7?,8?/m1/s1. The molecule has 0 N–H and O–H groups in total. The number of azo groups is 1. The van der Waals surface area contributed by atoms with Crippen LogP contribution >= 0.6 is 0 Å². The van der Waals surface area contributed by atoms with E-state index in [2.05, 4.69) is 10.2 Å². The zero-order chi connectivity index (χ0) is 13.8. The Kier molecular flexibility index (Phi) is 1.65. The molecule has 0 aromatic rings. The van der Waals surface area contributed by atoms with Crippen molar-refractivity contribution in [2.24, 2.45) is 21.1 Å². The third-order valence-corrected chi connectivity index (χ3v) is 5.37. The topological polar surface area (TPSA) is 24.7 Å². The second kappa shape index (κ2) is 2.43. The lowest BCUT2D eigenvalue weighted by atomic mass is 9.81. The molecule has 0 radical (unpaired) electrons. The van der Waals surface area contributed by atoms with E-state index in [1.807, 2.05) is 0 Å². The van der Waals surface area contributed by atoms with E-state index < -0.39 is 47.1 Å². The molecule has 2 fully saturated rings. The lowest BCUT2D eigenvalue weighted by molar-refractivity contribution is -0.222. The smallest absolute Gasteiger partial charge is 0.177 e. The first kappa shape index (κ1) is 12.2. The van der Waals surface area contributed by atoms with E-state index in [-0.39, 0.29) is 0 Å². The summed E-state index contributed by atoms with van der Waals surface area (Å²) in [7, 11) is 0. The van der Waals surface area contributed by atoms with E-state index >= 15 is 0 Å². The van der Waals surface area contributed by atoms with E-state index in [0.717, 1.165) is 0 Å². The van der Waals surface area contributed by atoms with Crippen molar-refractivity contribution in [1.29, 1.82) is 0 Å². The molecule has 102 valence electrons. The minimum Gasteiger partial charge on any atom is -0.177 e. The van der Waals surface area contributed by atoms with Gasteiger partial charge < -0.3 is 0 Å². The fourth-order valence-electron chi connectivity index (χ4n) is 4.32. The Morgan fingerprint density at radius 3 is 1.50 bits per heavy atom. The van der Waals surface area contributed by atoms with Crippen LogP contribution in [0.5, 0.6) is 0 Å². The predicted molar refractivity (Wildman–Crippen MR) is 47.9 cm³/mol. The van der Waals surface area contributed by atoms with Crippen molar-refractivity contribution in [2.75, 3.05) is 0 Å². The van der Waals surface area contributed by atoms with E-state index in [1.165, 1.54) is 13.8 Å². The van der Waals surface area contributed by atoms with Crippen LogP contribution in [0.4, 0.5) is 26.3 Å². The fraction of sp³-hybridized carbons (Fsp3) is 1.00. The van der Waals surface area contributed by atoms with Gasteiger partial charge in [0, 0.05) is 10.8 Å². The number of hydrogen-bond donors (Lipinski definition) is 0. The average Bonchev–Trinajstić information content (AvgIpc) is 2.45. The quantitative estimate of drug-likeness (QED) is 0.598. The summed E-state index contributed by atoms with van der Waals surface area (Å²) in [6.45, 7) is 2.48. The summed E-state index contributed by atoms with van der Waals surface area (Å²) in [5.41, 5.74) is -7.81. The summed E-state index contributed by atoms with van der Waals surface area (Å²) in [5.74, 6) is 0. The Labute approximate surface area is 98.4 Å². The maximum Gasteiger partial charge on any atom is 0.416 e. The van der Waals surface area contributed by atoms with Crippen molar-refractivity contribution in [2.45, 2.75) is 50.1 Å². The first-order chi connectivity index (χ1) is 7.87. The monoisotopic (exact) mass is 272 g/mol. The Morgan fingerprint density at radius 1 is 0.778 bits per heavy atom. The Morgan fingerprint density at radius 2 is 1.22 bits per heavy atom. The molecule has 4 bridgehead atoms. The number of nitrogens with zero attached hydrogens (tertiary/aromatic N) is 2. The second-order valence-electron chi connectivity index (χ2n) is 5.96. The molecule has 2 aliphatic carbocycles. The highest BCUT2D eigenvalue weighted by atomic mass is 19.4. The number of alkyl halides is 6. The van der Waals surface area contributed by atoms with Gasteiger partial charge in [0.1, 0.15) is 0 Å². The van der Waals surface area contributed by atoms with Crippen molar-refractivity contribution in [1.82, 2.24) is 0 Å². The van der Waals surface area contributed by atoms with Crippen molar-refractivity contribution in [3.63, 3.8) is 0 Å². The van der Waals surface area contributed by atoms with Gasteiger partial charge in [-0.15, -0.1) is 0 Å². The highest BCUT2D eigenvalue weighted by molar-refractivity contribution is 5.45. The van der Waals surface area contributed by atoms with Crippen LogP contribution in [0, 0.1) is 10.8 Å². The Hall–Kier alpha value is -0.820. The first-order valence-corrected chi connectivity index (χ1v) is 5.45. The number of hydrogen-bond acceptors (Lipinski definition) is 2. The predicted octanol–water partition coefficient (Wildman–Crippen LogP) is 3.87. The molecule has 4 aliphatic rings. The summed E-state index contributed by atoms with van der Waals surface area (Å²) in [6, 6.07) is 0. The third-order valence-electron chi connectivity index (χ3n) is 5.37. The van der Waals surface area contributed by atoms with Crippen molar-refractivity contribution < 1.29 is 26.3 Å². The lowest BCUT2D eigenvalue weighted by Crippen LogP contribution is -2.53. The molecule has 0 spiro atoms. The molecule has 8 heteroatoms. The molecule has 2 heterocycles. The van der Waals surface area contributed by atoms with Gasteiger partial charge >= 0.3 is 12.4 Å². The molecule has 0 aromatic carbocycles. The minimum atomic E-state index is -4.65. The van der Waals surface area contributed by atoms with Gasteiger partial charge in [0.05, 0.1) is 0 Å². The highest BCUT2D eigenvalue weighted by Gasteiger charge is 3.00. The Balaban J connectivity index is 2.17. The zero-order valence-electron chi connectivity index (χ0n) is 9.58. The van der Waals surface area contributed by atoms with Gasteiger partial charge in [-0.05, 0) is 12.8 Å². The summed E-state index contributed by atoms with van der Waals surface area (Å²) in [5, 5.41) is 6.13. The molecular weight excluding hydrogens is 262 g/mol. The molecule has 0 unspecified atom stereocenters. The van der Waals surface area contributed by atoms with E-state index in [0.29, 0.717) is 0 Å². The maximum absolute atomic E-state index is 13.1. The molecular formula is C10H10F6N2. The molecule has 4 rings (SSSR count). The summed E-state index contributed by atoms with van der Waals surface area (Å²) in [4.78, 5) is 0. The minimum absolute atomic E-state index is 0.622. The van der Waals surface area contributed by atoms with Crippen LogP contribution in [0.1, 0.15) is 26.7 Å². The lowest BCUT2D eigenvalue weighted by Gasteiger charge is -2.39. The maximum atomic E-state index is 13.1. The van der Waals surface area contributed by atoms with Crippen LogP contribution in [-0.2, 0) is 0 Å². The molecule has 18 heavy (non-hydrogen) atoms. The molecule has 0 saturated heterocycles. The summed E-state index contributed by atoms with van der Waals surface area (Å²) >= 11 is 0. The third kappa shape index (κ3) is 0.815. The molecule has 2 nitrogen and oxygen atoms in total. The van der Waals surface area contributed by atoms with Gasteiger partial charge in [0.25, 0.3) is 0 Å². The first-order valence-electron chi connectivity index (χ1n) is 5.45. The van der Waals surface area contributed by atoms with E-state index in [9.17, 15) is 26.3 Å². The van der Waals surface area contributed by atoms with Crippen molar-refractivity contribution >= 4 is 0 Å². The normalized spacial score (nSPS) is 53.8. The van der Waals surface area contributed by atoms with Crippen LogP contribution in [0.25, 0.3) is 0 Å². The highest BCUT2D eigenvalue weighted by Crippen LogP contribution is 2.90. The molecule has 2 atom stereocenters. The van der Waals surface area contributed by atoms with Gasteiger partial charge in [-0.3, -0.25) is 0 Å². The van der Waals surface area contributed by atoms with Crippen LogP contribution in [0.15, 0.2) is 10.2 Å². The van der Waals surface area contributed by atoms with Gasteiger partial charge in [-0.25, -0.2) is 0 Å². The average molecular weight is 272 g/mol. The van der Waals surface area contributed by atoms with Gasteiger partial charge in [-0.1, -0.05) is 13.8 Å². The molecule has 2 saturated carbocycles. The van der Waals surface area contributed by atoms with Gasteiger partial charge in [0.15, 0.2) is 11.1 Å². The fourth-order valence-corrected chi connectivity index (χ4v) is 4.32. The van der Waals surface area contributed by atoms with Crippen LogP contribution in [0.3, 0.4) is 0 Å². The number of rotatable bonds is 0. The van der Waals surface area contributed by atoms with Crippen molar-refractivity contribution in [3.05, 3.63) is 0 Å². The summed E-state index contributed by atoms with van der Waals surface area (Å²) in [6.07, 6.45) is -10.5. The molecule has 0 aromatic heterocycles. The second-order valence-corrected chi connectivity index (χ2v) is 5.96. The van der Waals surface area contributed by atoms with Gasteiger partial charge in [-0.2, -0.15) is 36.6 Å². The zero-order valence-corrected chi connectivity index (χ0v) is 9.58. The molecule has 0 amide bonds. The van der Waals surface area contributed by atoms with E-state index in [1.54, 1.807) is 0 Å². The largest absolute Gasteiger partial charge is 0.416 e. The van der Waals surface area contributed by atoms with Crippen LogP contribution in [-0.4, -0.2) is 23.4 Å². The van der Waals surface area contributed by atoms with Crippen LogP contribution in [0.2, 0.25) is 0 Å². The van der Waals surface area contributed by atoms with Gasteiger partial charge in [0.2, 0.25) is 0 Å². The van der Waals surface area contributed by atoms with Crippen molar-refractivity contribution in [3.8, 4) is 0 Å². The SMILES string of the molecule is C[C@@]12CC3(C(F)(F)F)C[C@@]1(C)C2(C(F)(F)F)N=N3. The molecule has 2 aliphatic heterocycles.